The molecule has 0 saturated heterocycles. The van der Waals surface area contributed by atoms with E-state index < -0.39 is 10.0 Å². The fraction of sp³-hybridized carbons (Fsp3) is 0.316. The molecule has 0 unspecified atom stereocenters. The highest BCUT2D eigenvalue weighted by molar-refractivity contribution is 7.92. The number of anilines is 1. The van der Waals surface area contributed by atoms with Gasteiger partial charge in [-0.2, -0.15) is 0 Å². The lowest BCUT2D eigenvalue weighted by Crippen LogP contribution is -2.38. The molecule has 1 N–H and O–H groups in total. The lowest BCUT2D eigenvalue weighted by Gasteiger charge is -2.22. The Kier molecular flexibility index (Phi) is 5.85. The Hall–Kier alpha value is -2.34. The van der Waals surface area contributed by atoms with Gasteiger partial charge in [0.25, 0.3) is 5.91 Å². The monoisotopic (exact) mass is 360 g/mol. The van der Waals surface area contributed by atoms with Crippen LogP contribution in [0.1, 0.15) is 27.0 Å². The second kappa shape index (κ2) is 7.70. The molecule has 5 nitrogen and oxygen atoms in total. The Morgan fingerprint density at radius 2 is 1.64 bits per heavy atom. The van der Waals surface area contributed by atoms with Crippen LogP contribution in [0.25, 0.3) is 0 Å². The van der Waals surface area contributed by atoms with Crippen LogP contribution in [0, 0.1) is 20.8 Å². The first-order chi connectivity index (χ1) is 11.7. The normalized spacial score (nSPS) is 11.2. The first-order valence-electron chi connectivity index (χ1n) is 8.08. The minimum absolute atomic E-state index is 0.179. The molecule has 0 aliphatic carbocycles. The number of rotatable bonds is 6. The molecule has 0 heterocycles. The zero-order valence-electron chi connectivity index (χ0n) is 15.0. The summed E-state index contributed by atoms with van der Waals surface area (Å²) in [6.07, 6.45) is 1.16. The van der Waals surface area contributed by atoms with Gasteiger partial charge in [-0.1, -0.05) is 23.8 Å². The number of benzene rings is 2. The quantitative estimate of drug-likeness (QED) is 0.861. The molecule has 2 rings (SSSR count). The molecule has 0 atom stereocenters. The first kappa shape index (κ1) is 19.0. The Morgan fingerprint density at radius 3 is 2.20 bits per heavy atom. The van der Waals surface area contributed by atoms with Crippen molar-refractivity contribution in [2.75, 3.05) is 23.7 Å². The lowest BCUT2D eigenvalue weighted by molar-refractivity contribution is 0.0954. The lowest BCUT2D eigenvalue weighted by atomic mass is 10.1. The minimum atomic E-state index is -3.42. The number of hydrogen-bond donors (Lipinski definition) is 1. The average molecular weight is 360 g/mol. The van der Waals surface area contributed by atoms with E-state index in [0.29, 0.717) is 11.3 Å². The Balaban J connectivity index is 2.04. The summed E-state index contributed by atoms with van der Waals surface area (Å²) in [7, 11) is -3.42. The van der Waals surface area contributed by atoms with Crippen LogP contribution in [0.15, 0.2) is 42.5 Å². The van der Waals surface area contributed by atoms with Crippen LogP contribution in [0.5, 0.6) is 0 Å². The summed E-state index contributed by atoms with van der Waals surface area (Å²) in [6.45, 7) is 6.29. The molecular weight excluding hydrogens is 336 g/mol. The molecular formula is C19H24N2O3S. The zero-order chi connectivity index (χ0) is 18.6. The van der Waals surface area contributed by atoms with Gasteiger partial charge < -0.3 is 5.32 Å². The smallest absolute Gasteiger partial charge is 0.251 e. The van der Waals surface area contributed by atoms with Gasteiger partial charge in [-0.3, -0.25) is 9.10 Å². The van der Waals surface area contributed by atoms with Crippen LogP contribution < -0.4 is 9.62 Å². The number of carbonyl (C=O) groups is 1. The maximum Gasteiger partial charge on any atom is 0.251 e. The van der Waals surface area contributed by atoms with Crippen molar-refractivity contribution in [1.29, 1.82) is 0 Å². The minimum Gasteiger partial charge on any atom is -0.350 e. The third kappa shape index (κ3) is 5.06. The van der Waals surface area contributed by atoms with Crippen molar-refractivity contribution in [3.63, 3.8) is 0 Å². The van der Waals surface area contributed by atoms with Crippen molar-refractivity contribution >= 4 is 21.6 Å². The van der Waals surface area contributed by atoms with E-state index in [1.54, 1.807) is 18.2 Å². The van der Waals surface area contributed by atoms with Gasteiger partial charge in [0.05, 0.1) is 18.5 Å². The number of nitrogens with one attached hydrogen (secondary N) is 1. The van der Waals surface area contributed by atoms with Crippen LogP contribution in [-0.2, 0) is 10.0 Å². The number of aryl methyl sites for hydroxylation is 3. The van der Waals surface area contributed by atoms with E-state index in [2.05, 4.69) is 5.32 Å². The molecule has 0 spiro atoms. The van der Waals surface area contributed by atoms with Gasteiger partial charge in [0.15, 0.2) is 0 Å². The second-order valence-corrected chi connectivity index (χ2v) is 8.13. The molecule has 0 radical (unpaired) electrons. The maximum atomic E-state index is 12.2. The zero-order valence-corrected chi connectivity index (χ0v) is 15.9. The van der Waals surface area contributed by atoms with E-state index >= 15 is 0 Å². The van der Waals surface area contributed by atoms with Crippen molar-refractivity contribution in [3.05, 3.63) is 64.7 Å². The standard InChI is InChI=1S/C19H24N2O3S/c1-14-5-9-18(10-6-14)21(25(4,23)24)12-11-20-19(22)17-8-7-15(2)16(3)13-17/h5-10,13H,11-12H2,1-4H3,(H,20,22). The number of sulfonamides is 1. The van der Waals surface area contributed by atoms with Crippen molar-refractivity contribution in [2.45, 2.75) is 20.8 Å². The van der Waals surface area contributed by atoms with Crippen LogP contribution >= 0.6 is 0 Å². The molecule has 0 fully saturated rings. The summed E-state index contributed by atoms with van der Waals surface area (Å²) in [5.41, 5.74) is 4.39. The number of carbonyl (C=O) groups excluding carboxylic acids is 1. The first-order valence-corrected chi connectivity index (χ1v) is 9.93. The number of nitrogens with zero attached hydrogens (tertiary/aromatic N) is 1. The van der Waals surface area contributed by atoms with Crippen molar-refractivity contribution in [3.8, 4) is 0 Å². The van der Waals surface area contributed by atoms with Gasteiger partial charge in [0, 0.05) is 12.1 Å². The third-order valence-corrected chi connectivity index (χ3v) is 5.29. The van der Waals surface area contributed by atoms with Gasteiger partial charge in [0.1, 0.15) is 0 Å². The number of amides is 1. The molecule has 6 heteroatoms. The van der Waals surface area contributed by atoms with E-state index in [9.17, 15) is 13.2 Å². The SMILES string of the molecule is Cc1ccc(N(CCNC(=O)c2ccc(C)c(C)c2)S(C)(=O)=O)cc1. The van der Waals surface area contributed by atoms with E-state index in [1.807, 2.05) is 45.0 Å². The Bertz CT molecular complexity index is 859. The highest BCUT2D eigenvalue weighted by Crippen LogP contribution is 2.17. The predicted octanol–water partition coefficient (Wildman–Crippen LogP) is 2.81. The van der Waals surface area contributed by atoms with Gasteiger partial charge >= 0.3 is 0 Å². The second-order valence-electron chi connectivity index (χ2n) is 6.23. The molecule has 1 amide bonds. The molecule has 0 saturated carbocycles. The molecule has 25 heavy (non-hydrogen) atoms. The van der Waals surface area contributed by atoms with Crippen molar-refractivity contribution in [2.24, 2.45) is 0 Å². The van der Waals surface area contributed by atoms with Gasteiger partial charge in [0.2, 0.25) is 10.0 Å². The van der Waals surface area contributed by atoms with Crippen molar-refractivity contribution < 1.29 is 13.2 Å². The molecule has 0 aromatic heterocycles. The summed E-state index contributed by atoms with van der Waals surface area (Å²) >= 11 is 0. The van der Waals surface area contributed by atoms with E-state index in [4.69, 9.17) is 0 Å². The van der Waals surface area contributed by atoms with E-state index in [0.717, 1.165) is 22.9 Å². The molecule has 0 bridgehead atoms. The van der Waals surface area contributed by atoms with Gasteiger partial charge in [-0.15, -0.1) is 0 Å². The summed E-state index contributed by atoms with van der Waals surface area (Å²) in [4.78, 5) is 12.2. The molecule has 2 aromatic rings. The fourth-order valence-electron chi connectivity index (χ4n) is 2.45. The van der Waals surface area contributed by atoms with Crippen LogP contribution in [0.3, 0.4) is 0 Å². The van der Waals surface area contributed by atoms with Crippen LogP contribution in [0.4, 0.5) is 5.69 Å². The van der Waals surface area contributed by atoms with E-state index in [-0.39, 0.29) is 19.0 Å². The summed E-state index contributed by atoms with van der Waals surface area (Å²) in [5.74, 6) is -0.208. The molecule has 134 valence electrons. The van der Waals surface area contributed by atoms with Gasteiger partial charge in [-0.25, -0.2) is 8.42 Å². The summed E-state index contributed by atoms with van der Waals surface area (Å²) < 4.78 is 25.4. The molecule has 2 aromatic carbocycles. The number of hydrogen-bond acceptors (Lipinski definition) is 3. The maximum absolute atomic E-state index is 12.2. The van der Waals surface area contributed by atoms with Gasteiger partial charge in [-0.05, 0) is 56.2 Å². The molecule has 0 aliphatic heterocycles. The van der Waals surface area contributed by atoms with Crippen LogP contribution in [-0.4, -0.2) is 33.7 Å². The fourth-order valence-corrected chi connectivity index (χ4v) is 3.38. The topological polar surface area (TPSA) is 66.5 Å². The van der Waals surface area contributed by atoms with E-state index in [1.165, 1.54) is 4.31 Å². The Labute approximate surface area is 149 Å². The Morgan fingerprint density at radius 1 is 1.00 bits per heavy atom. The third-order valence-electron chi connectivity index (χ3n) is 4.09. The average Bonchev–Trinajstić information content (AvgIpc) is 2.54. The molecule has 0 aliphatic rings. The summed E-state index contributed by atoms with van der Waals surface area (Å²) in [5, 5.41) is 2.78. The highest BCUT2D eigenvalue weighted by atomic mass is 32.2. The largest absolute Gasteiger partial charge is 0.350 e. The predicted molar refractivity (Wildman–Crippen MR) is 102 cm³/mol. The highest BCUT2D eigenvalue weighted by Gasteiger charge is 2.17. The summed E-state index contributed by atoms with van der Waals surface area (Å²) in [6, 6.07) is 12.8. The van der Waals surface area contributed by atoms with Crippen molar-refractivity contribution in [1.82, 2.24) is 5.32 Å². The van der Waals surface area contributed by atoms with Crippen LogP contribution in [0.2, 0.25) is 0 Å².